The average molecular weight is 215 g/mol. The molecule has 16 heavy (non-hydrogen) atoms. The van der Waals surface area contributed by atoms with Gasteiger partial charge in [-0.05, 0) is 24.1 Å². The number of nitrogens with zero attached hydrogens (tertiary/aromatic N) is 1. The second-order valence-electron chi connectivity index (χ2n) is 4.33. The van der Waals surface area contributed by atoms with Crippen molar-refractivity contribution < 1.29 is 0 Å². The smallest absolute Gasteiger partial charge is 0.0650 e. The van der Waals surface area contributed by atoms with Crippen LogP contribution in [0.3, 0.4) is 0 Å². The van der Waals surface area contributed by atoms with Gasteiger partial charge in [-0.25, -0.2) is 0 Å². The molecule has 0 saturated carbocycles. The summed E-state index contributed by atoms with van der Waals surface area (Å²) in [5.74, 6) is 0.649. The van der Waals surface area contributed by atoms with Gasteiger partial charge >= 0.3 is 0 Å². The second kappa shape index (κ2) is 4.84. The fourth-order valence-corrected chi connectivity index (χ4v) is 1.54. The minimum atomic E-state index is 0.649. The van der Waals surface area contributed by atoms with Gasteiger partial charge in [0.1, 0.15) is 0 Å². The summed E-state index contributed by atoms with van der Waals surface area (Å²) in [4.78, 5) is 0. The highest BCUT2D eigenvalue weighted by molar-refractivity contribution is 5.64. The van der Waals surface area contributed by atoms with E-state index >= 15 is 0 Å². The Morgan fingerprint density at radius 1 is 1.31 bits per heavy atom. The van der Waals surface area contributed by atoms with E-state index in [-0.39, 0.29) is 0 Å². The highest BCUT2D eigenvalue weighted by Crippen LogP contribution is 2.20. The summed E-state index contributed by atoms with van der Waals surface area (Å²) in [5.41, 5.74) is 3.36. The summed E-state index contributed by atoms with van der Waals surface area (Å²) in [6.45, 7) is 5.39. The van der Waals surface area contributed by atoms with Gasteiger partial charge in [0.05, 0.1) is 5.69 Å². The maximum Gasteiger partial charge on any atom is 0.0650 e. The van der Waals surface area contributed by atoms with Crippen molar-refractivity contribution in [3.05, 3.63) is 36.5 Å². The monoisotopic (exact) mass is 215 g/mol. The number of H-pyrrole nitrogens is 1. The lowest BCUT2D eigenvalue weighted by Gasteiger charge is -2.09. The minimum absolute atomic E-state index is 0.649. The summed E-state index contributed by atoms with van der Waals surface area (Å²) in [7, 11) is 0. The normalized spacial score (nSPS) is 10.7. The Morgan fingerprint density at radius 2 is 2.19 bits per heavy atom. The van der Waals surface area contributed by atoms with Crippen LogP contribution in [0.15, 0.2) is 36.5 Å². The third-order valence-electron chi connectivity index (χ3n) is 2.39. The van der Waals surface area contributed by atoms with Crippen molar-refractivity contribution in [1.82, 2.24) is 10.2 Å². The van der Waals surface area contributed by atoms with Crippen molar-refractivity contribution in [2.75, 3.05) is 11.9 Å². The molecule has 0 bridgehead atoms. The van der Waals surface area contributed by atoms with Gasteiger partial charge in [-0.3, -0.25) is 5.10 Å². The van der Waals surface area contributed by atoms with Gasteiger partial charge in [0, 0.05) is 24.0 Å². The summed E-state index contributed by atoms with van der Waals surface area (Å²) >= 11 is 0. The fraction of sp³-hybridized carbons (Fsp3) is 0.308. The third-order valence-corrected chi connectivity index (χ3v) is 2.39. The number of hydrogen-bond acceptors (Lipinski definition) is 2. The van der Waals surface area contributed by atoms with Crippen LogP contribution >= 0.6 is 0 Å². The molecule has 0 atom stereocenters. The maximum absolute atomic E-state index is 3.96. The van der Waals surface area contributed by atoms with Crippen LogP contribution in [-0.4, -0.2) is 16.7 Å². The lowest BCUT2D eigenvalue weighted by molar-refractivity contribution is 0.689. The Bertz CT molecular complexity index is 432. The topological polar surface area (TPSA) is 40.7 Å². The molecule has 0 amide bonds. The van der Waals surface area contributed by atoms with Gasteiger partial charge < -0.3 is 5.32 Å². The molecule has 84 valence electrons. The molecule has 2 N–H and O–H groups in total. The van der Waals surface area contributed by atoms with E-state index < -0.39 is 0 Å². The number of aromatic nitrogens is 2. The second-order valence-corrected chi connectivity index (χ2v) is 4.33. The molecule has 0 aliphatic heterocycles. The fourth-order valence-electron chi connectivity index (χ4n) is 1.54. The highest BCUT2D eigenvalue weighted by Gasteiger charge is 2.00. The molecule has 2 aromatic rings. The van der Waals surface area contributed by atoms with Crippen molar-refractivity contribution in [3.8, 4) is 11.3 Å². The van der Waals surface area contributed by atoms with E-state index in [9.17, 15) is 0 Å². The highest BCUT2D eigenvalue weighted by atomic mass is 15.1. The predicted octanol–water partition coefficient (Wildman–Crippen LogP) is 3.14. The molecular formula is C13H17N3. The van der Waals surface area contributed by atoms with Crippen LogP contribution < -0.4 is 5.32 Å². The van der Waals surface area contributed by atoms with Crippen LogP contribution in [0.1, 0.15) is 13.8 Å². The molecule has 0 aliphatic carbocycles. The molecule has 1 aromatic carbocycles. The maximum atomic E-state index is 3.96. The molecule has 1 aromatic heterocycles. The van der Waals surface area contributed by atoms with Gasteiger partial charge in [0.25, 0.3) is 0 Å². The SMILES string of the molecule is CC(C)CNc1cccc(-c2ccn[nH]2)c1. The molecule has 0 aliphatic rings. The number of anilines is 1. The molecule has 0 spiro atoms. The number of nitrogens with one attached hydrogen (secondary N) is 2. The quantitative estimate of drug-likeness (QED) is 0.822. The van der Waals surface area contributed by atoms with Gasteiger partial charge in [-0.15, -0.1) is 0 Å². The van der Waals surface area contributed by atoms with Gasteiger partial charge in [-0.2, -0.15) is 5.10 Å². The summed E-state index contributed by atoms with van der Waals surface area (Å²) < 4.78 is 0. The molecule has 0 radical (unpaired) electrons. The van der Waals surface area contributed by atoms with Crippen LogP contribution in [0.5, 0.6) is 0 Å². The largest absolute Gasteiger partial charge is 0.385 e. The van der Waals surface area contributed by atoms with E-state index in [0.29, 0.717) is 5.92 Å². The number of rotatable bonds is 4. The van der Waals surface area contributed by atoms with Crippen molar-refractivity contribution in [2.24, 2.45) is 5.92 Å². The standard InChI is InChI=1S/C13H17N3/c1-10(2)9-14-12-5-3-4-11(8-12)13-6-7-15-16-13/h3-8,10,14H,9H2,1-2H3,(H,15,16). The minimum Gasteiger partial charge on any atom is -0.385 e. The molecule has 1 heterocycles. The average Bonchev–Trinajstić information content (AvgIpc) is 2.80. The lowest BCUT2D eigenvalue weighted by Crippen LogP contribution is -2.07. The Labute approximate surface area is 95.9 Å². The number of benzene rings is 1. The van der Waals surface area contributed by atoms with Crippen LogP contribution in [0, 0.1) is 5.92 Å². The molecule has 0 unspecified atom stereocenters. The van der Waals surface area contributed by atoms with E-state index in [2.05, 4.69) is 53.6 Å². The van der Waals surface area contributed by atoms with Gasteiger partial charge in [0.2, 0.25) is 0 Å². The van der Waals surface area contributed by atoms with Crippen molar-refractivity contribution >= 4 is 5.69 Å². The summed E-state index contributed by atoms with van der Waals surface area (Å²) in [6.07, 6.45) is 1.77. The van der Waals surface area contributed by atoms with Crippen molar-refractivity contribution in [1.29, 1.82) is 0 Å². The first-order valence-corrected chi connectivity index (χ1v) is 5.59. The molecule has 0 saturated heterocycles. The first-order valence-electron chi connectivity index (χ1n) is 5.59. The summed E-state index contributed by atoms with van der Waals surface area (Å²) in [6, 6.07) is 10.3. The molecular weight excluding hydrogens is 198 g/mol. The van der Waals surface area contributed by atoms with E-state index in [1.54, 1.807) is 6.20 Å². The number of hydrogen-bond donors (Lipinski definition) is 2. The predicted molar refractivity (Wildman–Crippen MR) is 67.4 cm³/mol. The van der Waals surface area contributed by atoms with E-state index in [4.69, 9.17) is 0 Å². The zero-order valence-electron chi connectivity index (χ0n) is 9.70. The van der Waals surface area contributed by atoms with Crippen LogP contribution in [0.2, 0.25) is 0 Å². The zero-order valence-corrected chi connectivity index (χ0v) is 9.70. The Hall–Kier alpha value is -1.77. The molecule has 3 nitrogen and oxygen atoms in total. The van der Waals surface area contributed by atoms with Gasteiger partial charge in [-0.1, -0.05) is 26.0 Å². The molecule has 0 fully saturated rings. The van der Waals surface area contributed by atoms with Crippen LogP contribution in [0.4, 0.5) is 5.69 Å². The molecule has 3 heteroatoms. The first kappa shape index (κ1) is 10.7. The zero-order chi connectivity index (χ0) is 11.4. The molecule has 2 rings (SSSR count). The Morgan fingerprint density at radius 3 is 2.88 bits per heavy atom. The van der Waals surface area contributed by atoms with E-state index in [1.807, 2.05) is 6.07 Å². The summed E-state index contributed by atoms with van der Waals surface area (Å²) in [5, 5.41) is 10.3. The van der Waals surface area contributed by atoms with Crippen molar-refractivity contribution in [3.63, 3.8) is 0 Å². The third kappa shape index (κ3) is 2.63. The van der Waals surface area contributed by atoms with Crippen LogP contribution in [-0.2, 0) is 0 Å². The van der Waals surface area contributed by atoms with Crippen molar-refractivity contribution in [2.45, 2.75) is 13.8 Å². The Balaban J connectivity index is 2.14. The lowest BCUT2D eigenvalue weighted by atomic mass is 10.1. The van der Waals surface area contributed by atoms with Crippen LogP contribution in [0.25, 0.3) is 11.3 Å². The first-order chi connectivity index (χ1) is 7.75. The number of aromatic amines is 1. The Kier molecular flexibility index (Phi) is 3.25. The van der Waals surface area contributed by atoms with Gasteiger partial charge in [0.15, 0.2) is 0 Å². The van der Waals surface area contributed by atoms with E-state index in [1.165, 1.54) is 0 Å². The van der Waals surface area contributed by atoms with E-state index in [0.717, 1.165) is 23.5 Å².